The molecule has 4 atom stereocenters. The van der Waals surface area contributed by atoms with E-state index in [1.54, 1.807) is 140 Å². The summed E-state index contributed by atoms with van der Waals surface area (Å²) in [5.41, 5.74) is 2.19. The number of hydrogen-bond acceptors (Lipinski definition) is 11. The van der Waals surface area contributed by atoms with Crippen LogP contribution < -0.4 is 0 Å². The largest absolute Gasteiger partial charge is 0.477 e. The molecule has 0 spiro atoms. The average Bonchev–Trinajstić information content (AvgIpc) is 3.60. The minimum atomic E-state index is -4.46. The smallest absolute Gasteiger partial charge is 0.458 e. The summed E-state index contributed by atoms with van der Waals surface area (Å²) < 4.78 is 55.6. The minimum Gasteiger partial charge on any atom is -0.458 e. The maximum atomic E-state index is 14.4. The van der Waals surface area contributed by atoms with Gasteiger partial charge < -0.3 is 18.9 Å². The van der Waals surface area contributed by atoms with Gasteiger partial charge in [0.05, 0.1) is 29.9 Å². The normalized spacial score (nSPS) is 17.4. The SMILES string of the molecule is O=C(OC[C@@H](OC(=O)c1ccccc1)[C@H]1C[C@@H](OC(=O)c2ccccc2)[C@@H](OP(=O)(OCc2ccccc2)OCc2ccccc2)O1)c1ccccc1. The van der Waals surface area contributed by atoms with Crippen LogP contribution in [0, 0.1) is 0 Å². The highest BCUT2D eigenvalue weighted by atomic mass is 31.2. The Balaban J connectivity index is 1.27. The first-order valence-electron chi connectivity index (χ1n) is 16.9. The second-order valence-corrected chi connectivity index (χ2v) is 13.6. The topological polar surface area (TPSA) is 133 Å². The van der Waals surface area contributed by atoms with Gasteiger partial charge >= 0.3 is 25.7 Å². The molecule has 0 radical (unpaired) electrons. The number of phosphoric ester groups is 1. The van der Waals surface area contributed by atoms with Crippen molar-refractivity contribution in [2.45, 2.75) is 44.2 Å². The van der Waals surface area contributed by atoms with E-state index in [0.29, 0.717) is 11.1 Å². The molecule has 0 bridgehead atoms. The molecule has 0 aromatic heterocycles. The van der Waals surface area contributed by atoms with E-state index in [9.17, 15) is 18.9 Å². The Morgan fingerprint density at radius 2 is 1.04 bits per heavy atom. The van der Waals surface area contributed by atoms with Gasteiger partial charge in [0.25, 0.3) is 0 Å². The van der Waals surface area contributed by atoms with Crippen LogP contribution in [0.3, 0.4) is 0 Å². The van der Waals surface area contributed by atoms with E-state index in [-0.39, 0.29) is 36.3 Å². The lowest BCUT2D eigenvalue weighted by Gasteiger charge is -2.25. The molecule has 1 heterocycles. The molecule has 0 aliphatic carbocycles. The third-order valence-electron chi connectivity index (χ3n) is 8.11. The van der Waals surface area contributed by atoms with Crippen LogP contribution in [0.15, 0.2) is 152 Å². The van der Waals surface area contributed by atoms with Gasteiger partial charge in [-0.3, -0.25) is 13.6 Å². The van der Waals surface area contributed by atoms with Gasteiger partial charge in [-0.1, -0.05) is 115 Å². The van der Waals surface area contributed by atoms with Crippen LogP contribution >= 0.6 is 7.82 Å². The maximum Gasteiger partial charge on any atom is 0.477 e. The zero-order chi connectivity index (χ0) is 36.9. The molecule has 0 N–H and O–H groups in total. The average molecular weight is 737 g/mol. The number of ether oxygens (including phenoxy) is 4. The van der Waals surface area contributed by atoms with Gasteiger partial charge in [0.1, 0.15) is 12.7 Å². The van der Waals surface area contributed by atoms with Crippen molar-refractivity contribution in [2.75, 3.05) is 6.61 Å². The number of hydrogen-bond donors (Lipinski definition) is 0. The maximum absolute atomic E-state index is 14.4. The van der Waals surface area contributed by atoms with Crippen LogP contribution in [0.25, 0.3) is 0 Å². The number of carbonyl (C=O) groups excluding carboxylic acids is 3. The minimum absolute atomic E-state index is 0.101. The molecule has 6 rings (SSSR count). The van der Waals surface area contributed by atoms with Crippen LogP contribution in [0.2, 0.25) is 0 Å². The summed E-state index contributed by atoms with van der Waals surface area (Å²) >= 11 is 0. The molecule has 1 aliphatic heterocycles. The second kappa shape index (κ2) is 18.4. The van der Waals surface area contributed by atoms with Gasteiger partial charge in [-0.25, -0.2) is 18.9 Å². The molecule has 5 aromatic rings. The third kappa shape index (κ3) is 10.8. The number of esters is 3. The molecule has 272 valence electrons. The molecule has 53 heavy (non-hydrogen) atoms. The fourth-order valence-electron chi connectivity index (χ4n) is 5.36. The summed E-state index contributed by atoms with van der Waals surface area (Å²) in [5.74, 6) is -2.07. The van der Waals surface area contributed by atoms with Crippen molar-refractivity contribution < 1.29 is 51.5 Å². The van der Waals surface area contributed by atoms with Gasteiger partial charge in [0, 0.05) is 6.42 Å². The number of phosphoric acid groups is 1. The van der Waals surface area contributed by atoms with Crippen LogP contribution in [-0.2, 0) is 50.3 Å². The Kier molecular flexibility index (Phi) is 12.9. The lowest BCUT2D eigenvalue weighted by Crippen LogP contribution is -2.36. The van der Waals surface area contributed by atoms with Crippen LogP contribution in [0.5, 0.6) is 0 Å². The van der Waals surface area contributed by atoms with Crippen molar-refractivity contribution >= 4 is 25.7 Å². The molecule has 12 heteroatoms. The number of carbonyl (C=O) groups is 3. The van der Waals surface area contributed by atoms with Gasteiger partial charge in [-0.05, 0) is 47.5 Å². The molecule has 0 saturated carbocycles. The molecule has 5 aromatic carbocycles. The molecule has 0 unspecified atom stereocenters. The van der Waals surface area contributed by atoms with E-state index in [2.05, 4.69) is 0 Å². The lowest BCUT2D eigenvalue weighted by molar-refractivity contribution is -0.149. The standard InChI is InChI=1S/C41H37O11P/c42-38(32-20-10-3-11-21-32)46-29-37(50-40(44)34-24-14-5-15-25-34)35-26-36(49-39(43)33-22-12-4-13-23-33)41(51-35)52-53(45,47-27-30-16-6-1-7-17-30)48-28-31-18-8-2-9-19-31/h1-25,35-37,41H,26-29H2/t35-,36-,37-,41-/m1/s1. The highest BCUT2D eigenvalue weighted by molar-refractivity contribution is 7.48. The fourth-order valence-corrected chi connectivity index (χ4v) is 6.62. The van der Waals surface area contributed by atoms with E-state index >= 15 is 0 Å². The van der Waals surface area contributed by atoms with Crippen molar-refractivity contribution in [2.24, 2.45) is 0 Å². The Labute approximate surface area is 306 Å². The van der Waals surface area contributed by atoms with E-state index < -0.39 is 56.9 Å². The summed E-state index contributed by atoms with van der Waals surface area (Å²) in [6, 6.07) is 42.9. The first-order valence-corrected chi connectivity index (χ1v) is 18.4. The van der Waals surface area contributed by atoms with E-state index in [0.717, 1.165) is 0 Å². The number of benzene rings is 5. The van der Waals surface area contributed by atoms with Crippen LogP contribution in [0.4, 0.5) is 0 Å². The van der Waals surface area contributed by atoms with Crippen molar-refractivity contribution in [1.29, 1.82) is 0 Å². The van der Waals surface area contributed by atoms with Gasteiger partial charge in [-0.2, -0.15) is 0 Å². The van der Waals surface area contributed by atoms with Crippen molar-refractivity contribution in [1.82, 2.24) is 0 Å². The lowest BCUT2D eigenvalue weighted by atomic mass is 10.1. The van der Waals surface area contributed by atoms with Crippen molar-refractivity contribution in [3.05, 3.63) is 179 Å². The van der Waals surface area contributed by atoms with Crippen LogP contribution in [0.1, 0.15) is 48.6 Å². The Bertz CT molecular complexity index is 1920. The quantitative estimate of drug-likeness (QED) is 0.0555. The third-order valence-corrected chi connectivity index (χ3v) is 9.47. The summed E-state index contributed by atoms with van der Waals surface area (Å²) in [5, 5.41) is 0. The number of rotatable bonds is 16. The zero-order valence-electron chi connectivity index (χ0n) is 28.5. The predicted octanol–water partition coefficient (Wildman–Crippen LogP) is 7.97. The van der Waals surface area contributed by atoms with Crippen molar-refractivity contribution in [3.63, 3.8) is 0 Å². The summed E-state index contributed by atoms with van der Waals surface area (Å²) in [7, 11) is -4.46. The van der Waals surface area contributed by atoms with E-state index in [4.69, 9.17) is 32.5 Å². The summed E-state index contributed by atoms with van der Waals surface area (Å²) in [6.45, 7) is -0.690. The predicted molar refractivity (Wildman–Crippen MR) is 192 cm³/mol. The molecule has 11 nitrogen and oxygen atoms in total. The van der Waals surface area contributed by atoms with Gasteiger partial charge in [0.2, 0.25) is 6.29 Å². The molecule has 0 amide bonds. The van der Waals surface area contributed by atoms with E-state index in [1.807, 2.05) is 12.1 Å². The molecule has 1 saturated heterocycles. The van der Waals surface area contributed by atoms with Gasteiger partial charge in [0.15, 0.2) is 12.2 Å². The monoisotopic (exact) mass is 736 g/mol. The van der Waals surface area contributed by atoms with E-state index in [1.165, 1.54) is 0 Å². The first kappa shape index (κ1) is 37.3. The summed E-state index contributed by atoms with van der Waals surface area (Å²) in [6.07, 6.45) is -5.09. The second-order valence-electron chi connectivity index (χ2n) is 11.9. The highest BCUT2D eigenvalue weighted by Crippen LogP contribution is 2.54. The highest BCUT2D eigenvalue weighted by Gasteiger charge is 2.48. The molecular formula is C41H37O11P. The molecule has 1 aliphatic rings. The first-order chi connectivity index (χ1) is 25.8. The fraction of sp³-hybridized carbons (Fsp3) is 0.195. The zero-order valence-corrected chi connectivity index (χ0v) is 29.4. The Morgan fingerprint density at radius 3 is 1.53 bits per heavy atom. The van der Waals surface area contributed by atoms with Crippen molar-refractivity contribution in [3.8, 4) is 0 Å². The Morgan fingerprint density at radius 1 is 0.604 bits per heavy atom. The van der Waals surface area contributed by atoms with Crippen LogP contribution in [-0.4, -0.2) is 49.1 Å². The molecular weight excluding hydrogens is 699 g/mol. The Hall–Kier alpha value is -5.42. The summed E-state index contributed by atoms with van der Waals surface area (Å²) in [4.78, 5) is 39.6. The van der Waals surface area contributed by atoms with Gasteiger partial charge in [-0.15, -0.1) is 0 Å². The molecule has 1 fully saturated rings.